The monoisotopic (exact) mass is 306 g/mol. The number of carbonyl (C=O) groups excluding carboxylic acids is 1. The fourth-order valence-electron chi connectivity index (χ4n) is 1.88. The van der Waals surface area contributed by atoms with Crippen molar-refractivity contribution < 1.29 is 14.3 Å². The number of benzene rings is 1. The van der Waals surface area contributed by atoms with Crippen LogP contribution in [0.25, 0.3) is 0 Å². The van der Waals surface area contributed by atoms with Crippen molar-refractivity contribution in [2.45, 2.75) is 13.5 Å². The summed E-state index contributed by atoms with van der Waals surface area (Å²) in [4.78, 5) is 12.1. The highest BCUT2D eigenvalue weighted by Gasteiger charge is 2.15. The van der Waals surface area contributed by atoms with Gasteiger partial charge in [-0.2, -0.15) is 0 Å². The van der Waals surface area contributed by atoms with Gasteiger partial charge in [-0.3, -0.25) is 0 Å². The van der Waals surface area contributed by atoms with Gasteiger partial charge in [0.05, 0.1) is 24.4 Å². The van der Waals surface area contributed by atoms with E-state index in [4.69, 9.17) is 15.2 Å². The summed E-state index contributed by atoms with van der Waals surface area (Å²) >= 11 is 1.29. The number of rotatable bonds is 6. The van der Waals surface area contributed by atoms with Gasteiger partial charge in [-0.15, -0.1) is 11.3 Å². The number of nitrogens with one attached hydrogen (secondary N) is 1. The highest BCUT2D eigenvalue weighted by atomic mass is 32.1. The van der Waals surface area contributed by atoms with Gasteiger partial charge in [0, 0.05) is 12.1 Å². The Kier molecular flexibility index (Phi) is 5.05. The fourth-order valence-corrected chi connectivity index (χ4v) is 2.75. The molecule has 1 aromatic carbocycles. The second-order valence-electron chi connectivity index (χ2n) is 4.28. The van der Waals surface area contributed by atoms with Crippen LogP contribution in [-0.2, 0) is 11.3 Å². The second-order valence-corrected chi connectivity index (χ2v) is 5.33. The van der Waals surface area contributed by atoms with Gasteiger partial charge in [-0.25, -0.2) is 4.79 Å². The first-order valence-corrected chi connectivity index (χ1v) is 7.39. The summed E-state index contributed by atoms with van der Waals surface area (Å²) in [7, 11) is 1.64. The molecule has 6 heteroatoms. The van der Waals surface area contributed by atoms with Crippen LogP contribution < -0.4 is 15.8 Å². The van der Waals surface area contributed by atoms with Gasteiger partial charge < -0.3 is 20.5 Å². The molecule has 0 atom stereocenters. The molecule has 0 aliphatic heterocycles. The molecule has 0 aliphatic rings. The van der Waals surface area contributed by atoms with Crippen LogP contribution >= 0.6 is 11.3 Å². The number of ether oxygens (including phenoxy) is 2. The number of anilines is 2. The number of hydrogen-bond acceptors (Lipinski definition) is 6. The van der Waals surface area contributed by atoms with Crippen LogP contribution in [0.15, 0.2) is 30.3 Å². The molecule has 21 heavy (non-hydrogen) atoms. The zero-order chi connectivity index (χ0) is 15.2. The summed E-state index contributed by atoms with van der Waals surface area (Å²) in [5.41, 5.74) is 7.31. The predicted molar refractivity (Wildman–Crippen MR) is 85.0 cm³/mol. The topological polar surface area (TPSA) is 73.6 Å². The predicted octanol–water partition coefficient (Wildman–Crippen LogP) is 3.13. The summed E-state index contributed by atoms with van der Waals surface area (Å²) in [6.45, 7) is 2.69. The molecule has 1 heterocycles. The number of nitrogen functional groups attached to an aromatic ring is 1. The summed E-state index contributed by atoms with van der Waals surface area (Å²) < 4.78 is 10.3. The third-order valence-corrected chi connectivity index (χ3v) is 3.96. The van der Waals surface area contributed by atoms with Crippen molar-refractivity contribution in [3.63, 3.8) is 0 Å². The molecule has 0 aliphatic carbocycles. The van der Waals surface area contributed by atoms with E-state index in [0.29, 0.717) is 23.7 Å². The molecule has 0 spiro atoms. The molecule has 0 fully saturated rings. The van der Waals surface area contributed by atoms with E-state index < -0.39 is 0 Å². The van der Waals surface area contributed by atoms with E-state index in [9.17, 15) is 4.79 Å². The van der Waals surface area contributed by atoms with Crippen LogP contribution in [0.3, 0.4) is 0 Å². The Morgan fingerprint density at radius 2 is 2.14 bits per heavy atom. The minimum absolute atomic E-state index is 0.333. The molecular weight excluding hydrogens is 288 g/mol. The first kappa shape index (κ1) is 15.2. The molecular formula is C15H18N2O3S. The molecule has 0 radical (unpaired) electrons. The molecule has 3 N–H and O–H groups in total. The SMILES string of the molecule is CCOC(=O)c1sc(NCc2ccccc2OC)cc1N. The van der Waals surface area contributed by atoms with Crippen LogP contribution in [0, 0.1) is 0 Å². The molecule has 0 unspecified atom stereocenters. The third kappa shape index (κ3) is 3.66. The highest BCUT2D eigenvalue weighted by molar-refractivity contribution is 7.18. The van der Waals surface area contributed by atoms with Crippen molar-refractivity contribution in [3.8, 4) is 5.75 Å². The molecule has 1 aromatic heterocycles. The zero-order valence-electron chi connectivity index (χ0n) is 12.0. The van der Waals surface area contributed by atoms with E-state index in [-0.39, 0.29) is 5.97 Å². The normalized spacial score (nSPS) is 10.2. The number of hydrogen-bond donors (Lipinski definition) is 2. The maximum absolute atomic E-state index is 11.7. The minimum atomic E-state index is -0.384. The first-order valence-electron chi connectivity index (χ1n) is 6.58. The van der Waals surface area contributed by atoms with E-state index in [1.165, 1.54) is 11.3 Å². The number of carbonyl (C=O) groups is 1. The van der Waals surface area contributed by atoms with Gasteiger partial charge >= 0.3 is 5.97 Å². The van der Waals surface area contributed by atoms with Crippen LogP contribution in [-0.4, -0.2) is 19.7 Å². The van der Waals surface area contributed by atoms with Crippen molar-refractivity contribution in [3.05, 3.63) is 40.8 Å². The lowest BCUT2D eigenvalue weighted by Gasteiger charge is -2.08. The molecule has 0 saturated carbocycles. The zero-order valence-corrected chi connectivity index (χ0v) is 12.8. The molecule has 2 aromatic rings. The van der Waals surface area contributed by atoms with Crippen LogP contribution in [0.5, 0.6) is 5.75 Å². The Hall–Kier alpha value is -2.21. The molecule has 0 amide bonds. The van der Waals surface area contributed by atoms with Crippen molar-refractivity contribution in [2.75, 3.05) is 24.8 Å². The minimum Gasteiger partial charge on any atom is -0.496 e. The van der Waals surface area contributed by atoms with Crippen LogP contribution in [0.4, 0.5) is 10.7 Å². The van der Waals surface area contributed by atoms with Gasteiger partial charge in [0.2, 0.25) is 0 Å². The molecule has 0 bridgehead atoms. The van der Waals surface area contributed by atoms with Gasteiger partial charge in [0.15, 0.2) is 0 Å². The lowest BCUT2D eigenvalue weighted by atomic mass is 10.2. The second kappa shape index (κ2) is 6.99. The summed E-state index contributed by atoms with van der Waals surface area (Å²) in [6.07, 6.45) is 0. The first-order chi connectivity index (χ1) is 10.2. The Morgan fingerprint density at radius 1 is 1.38 bits per heavy atom. The highest BCUT2D eigenvalue weighted by Crippen LogP contribution is 2.30. The summed E-state index contributed by atoms with van der Waals surface area (Å²) in [5.74, 6) is 0.436. The van der Waals surface area contributed by atoms with Crippen molar-refractivity contribution in [2.24, 2.45) is 0 Å². The number of esters is 1. The number of nitrogens with two attached hydrogens (primary N) is 1. The van der Waals surface area contributed by atoms with Gasteiger partial charge in [-0.1, -0.05) is 18.2 Å². The Bertz CT molecular complexity index is 625. The Labute approximate surface area is 127 Å². The van der Waals surface area contributed by atoms with E-state index in [1.807, 2.05) is 24.3 Å². The standard InChI is InChI=1S/C15H18N2O3S/c1-3-20-15(18)14-11(16)8-13(21-14)17-9-10-6-4-5-7-12(10)19-2/h4-8,17H,3,9,16H2,1-2H3. The maximum Gasteiger partial charge on any atom is 0.350 e. The van der Waals surface area contributed by atoms with Crippen molar-refractivity contribution in [1.29, 1.82) is 0 Å². The fraction of sp³-hybridized carbons (Fsp3) is 0.267. The number of thiophene rings is 1. The van der Waals surface area contributed by atoms with Crippen LogP contribution in [0.2, 0.25) is 0 Å². The average molecular weight is 306 g/mol. The van der Waals surface area contributed by atoms with Gasteiger partial charge in [-0.05, 0) is 19.1 Å². The van der Waals surface area contributed by atoms with E-state index in [1.54, 1.807) is 20.1 Å². The lowest BCUT2D eigenvalue weighted by Crippen LogP contribution is -2.04. The average Bonchev–Trinajstić information content (AvgIpc) is 2.87. The van der Waals surface area contributed by atoms with Crippen molar-refractivity contribution in [1.82, 2.24) is 0 Å². The summed E-state index contributed by atoms with van der Waals surface area (Å²) in [5, 5.41) is 4.07. The molecule has 112 valence electrons. The molecule has 2 rings (SSSR count). The van der Waals surface area contributed by atoms with E-state index >= 15 is 0 Å². The molecule has 5 nitrogen and oxygen atoms in total. The third-order valence-electron chi connectivity index (χ3n) is 2.87. The summed E-state index contributed by atoms with van der Waals surface area (Å²) in [6, 6.07) is 9.50. The molecule has 0 saturated heterocycles. The smallest absolute Gasteiger partial charge is 0.350 e. The maximum atomic E-state index is 11.7. The van der Waals surface area contributed by atoms with E-state index in [2.05, 4.69) is 5.32 Å². The van der Waals surface area contributed by atoms with Gasteiger partial charge in [0.25, 0.3) is 0 Å². The van der Waals surface area contributed by atoms with E-state index in [0.717, 1.165) is 16.3 Å². The quantitative estimate of drug-likeness (QED) is 0.802. The Balaban J connectivity index is 2.07. The number of methoxy groups -OCH3 is 1. The Morgan fingerprint density at radius 3 is 2.86 bits per heavy atom. The van der Waals surface area contributed by atoms with Gasteiger partial charge in [0.1, 0.15) is 10.6 Å². The van der Waals surface area contributed by atoms with Crippen LogP contribution in [0.1, 0.15) is 22.2 Å². The largest absolute Gasteiger partial charge is 0.496 e. The van der Waals surface area contributed by atoms with Crippen molar-refractivity contribution >= 4 is 28.0 Å². The number of para-hydroxylation sites is 1. The lowest BCUT2D eigenvalue weighted by molar-refractivity contribution is 0.0533.